The van der Waals surface area contributed by atoms with E-state index in [1.165, 1.54) is 6.20 Å². The van der Waals surface area contributed by atoms with Gasteiger partial charge in [0, 0.05) is 17.5 Å². The maximum Gasteiger partial charge on any atom is 0.220 e. The van der Waals surface area contributed by atoms with E-state index in [1.54, 1.807) is 23.9 Å². The Balaban J connectivity index is 0.00000132. The molecule has 2 N–H and O–H groups in total. The zero-order chi connectivity index (χ0) is 14.9. The average molecular weight is 374 g/mol. The van der Waals surface area contributed by atoms with Crippen molar-refractivity contribution in [3.05, 3.63) is 54.1 Å². The fourth-order valence-electron chi connectivity index (χ4n) is 2.52. The van der Waals surface area contributed by atoms with Crippen LogP contribution in [0.5, 0.6) is 0 Å². The Morgan fingerprint density at radius 2 is 2.00 bits per heavy atom. The number of aromatic nitrogens is 1. The van der Waals surface area contributed by atoms with E-state index in [2.05, 4.69) is 16.9 Å². The molecular formula is C16H18Cl2FN3S. The second-order valence-electron chi connectivity index (χ2n) is 5.24. The van der Waals surface area contributed by atoms with Gasteiger partial charge < -0.3 is 5.73 Å². The second kappa shape index (κ2) is 7.99. The van der Waals surface area contributed by atoms with Gasteiger partial charge in [0.15, 0.2) is 5.17 Å². The first kappa shape index (κ1) is 19.7. The maximum atomic E-state index is 13.8. The molecule has 2 heterocycles. The van der Waals surface area contributed by atoms with E-state index in [0.29, 0.717) is 10.7 Å². The van der Waals surface area contributed by atoms with Crippen LogP contribution in [0.25, 0.3) is 11.1 Å². The van der Waals surface area contributed by atoms with Crippen molar-refractivity contribution >= 4 is 41.7 Å². The molecule has 0 saturated heterocycles. The Kier molecular flexibility index (Phi) is 6.86. The molecule has 0 amide bonds. The third-order valence-electron chi connectivity index (χ3n) is 3.75. The van der Waals surface area contributed by atoms with Gasteiger partial charge in [0.25, 0.3) is 0 Å². The molecule has 1 unspecified atom stereocenters. The third kappa shape index (κ3) is 4.16. The number of aliphatic imine (C=N–C) groups is 1. The molecule has 0 saturated carbocycles. The highest BCUT2D eigenvalue weighted by molar-refractivity contribution is 8.13. The molecule has 0 fully saturated rings. The van der Waals surface area contributed by atoms with E-state index in [9.17, 15) is 4.39 Å². The fraction of sp³-hybridized carbons (Fsp3) is 0.250. The van der Waals surface area contributed by atoms with Crippen LogP contribution in [0.15, 0.2) is 47.6 Å². The summed E-state index contributed by atoms with van der Waals surface area (Å²) < 4.78 is 13.8. The Hall–Kier alpha value is -1.30. The average Bonchev–Trinajstić information content (AvgIpc) is 2.48. The number of hydrogen-bond acceptors (Lipinski definition) is 4. The second-order valence-corrected chi connectivity index (χ2v) is 6.36. The largest absolute Gasteiger partial charge is 0.379 e. The third-order valence-corrected chi connectivity index (χ3v) is 4.55. The molecule has 3 rings (SSSR count). The van der Waals surface area contributed by atoms with Crippen LogP contribution in [-0.4, -0.2) is 15.9 Å². The van der Waals surface area contributed by atoms with Crippen molar-refractivity contribution in [1.29, 1.82) is 0 Å². The maximum absolute atomic E-state index is 13.8. The lowest BCUT2D eigenvalue weighted by molar-refractivity contribution is 0.482. The fourth-order valence-corrected chi connectivity index (χ4v) is 3.49. The summed E-state index contributed by atoms with van der Waals surface area (Å²) in [6.45, 7) is 2.07. The molecule has 1 aliphatic rings. The highest BCUT2D eigenvalue weighted by Crippen LogP contribution is 2.36. The number of nitrogens with zero attached hydrogens (tertiary/aromatic N) is 2. The molecule has 1 atom stereocenters. The minimum atomic E-state index is -0.456. The molecule has 23 heavy (non-hydrogen) atoms. The Labute approximate surface area is 151 Å². The van der Waals surface area contributed by atoms with Gasteiger partial charge in [-0.3, -0.25) is 4.99 Å². The minimum absolute atomic E-state index is 0. The first-order valence-corrected chi connectivity index (χ1v) is 7.77. The van der Waals surface area contributed by atoms with Crippen molar-refractivity contribution in [1.82, 2.24) is 4.98 Å². The lowest BCUT2D eigenvalue weighted by Gasteiger charge is -2.30. The van der Waals surface area contributed by atoms with Gasteiger partial charge in [-0.05, 0) is 42.7 Å². The molecule has 3 nitrogen and oxygen atoms in total. The monoisotopic (exact) mass is 373 g/mol. The molecule has 0 radical (unpaired) electrons. The van der Waals surface area contributed by atoms with E-state index < -0.39 is 5.95 Å². The quantitative estimate of drug-likeness (QED) is 0.793. The number of thioether (sulfide) groups is 1. The predicted molar refractivity (Wildman–Crippen MR) is 100 cm³/mol. The summed E-state index contributed by atoms with van der Waals surface area (Å²) in [4.78, 5) is 8.30. The standard InChI is InChI=1S/C16H16FN3S.2ClH/c1-16(7-9-21-15(18)20-16)12-5-2-4-11(10-12)13-6-3-8-19-14(13)17;;/h2-6,8,10H,7,9H2,1H3,(H2,18,20);2*1H. The summed E-state index contributed by atoms with van der Waals surface area (Å²) in [5.74, 6) is 0.485. The first-order valence-electron chi connectivity index (χ1n) is 6.78. The molecule has 0 spiro atoms. The van der Waals surface area contributed by atoms with E-state index >= 15 is 0 Å². The number of pyridine rings is 1. The van der Waals surface area contributed by atoms with Gasteiger partial charge in [0.05, 0.1) is 5.54 Å². The van der Waals surface area contributed by atoms with Crippen molar-refractivity contribution in [3.8, 4) is 11.1 Å². The SMILES string of the molecule is CC1(c2cccc(-c3cccnc3F)c2)CCSC(N)=N1.Cl.Cl. The number of amidine groups is 1. The van der Waals surface area contributed by atoms with Crippen LogP contribution in [0, 0.1) is 5.95 Å². The Bertz CT molecular complexity index is 711. The van der Waals surface area contributed by atoms with Crippen LogP contribution in [0.3, 0.4) is 0 Å². The van der Waals surface area contributed by atoms with Crippen molar-refractivity contribution < 1.29 is 4.39 Å². The van der Waals surface area contributed by atoms with Gasteiger partial charge in [0.2, 0.25) is 5.95 Å². The number of nitrogens with two attached hydrogens (primary N) is 1. The predicted octanol–water partition coefficient (Wildman–Crippen LogP) is 4.40. The summed E-state index contributed by atoms with van der Waals surface area (Å²) in [7, 11) is 0. The van der Waals surface area contributed by atoms with Gasteiger partial charge in [-0.2, -0.15) is 4.39 Å². The summed E-state index contributed by atoms with van der Waals surface area (Å²) in [6, 6.07) is 11.3. The summed E-state index contributed by atoms with van der Waals surface area (Å²) in [5.41, 5.74) is 7.88. The van der Waals surface area contributed by atoms with Crippen LogP contribution in [0.2, 0.25) is 0 Å². The summed E-state index contributed by atoms with van der Waals surface area (Å²) >= 11 is 1.58. The van der Waals surface area contributed by atoms with Gasteiger partial charge in [-0.1, -0.05) is 30.0 Å². The zero-order valence-corrected chi connectivity index (χ0v) is 15.0. The van der Waals surface area contributed by atoms with Gasteiger partial charge >= 0.3 is 0 Å². The van der Waals surface area contributed by atoms with Gasteiger partial charge in [-0.15, -0.1) is 24.8 Å². The molecule has 1 aliphatic heterocycles. The molecule has 0 aliphatic carbocycles. The minimum Gasteiger partial charge on any atom is -0.379 e. The van der Waals surface area contributed by atoms with E-state index in [0.717, 1.165) is 23.3 Å². The number of rotatable bonds is 2. The molecule has 124 valence electrons. The molecule has 0 bridgehead atoms. The lowest BCUT2D eigenvalue weighted by Crippen LogP contribution is -2.28. The van der Waals surface area contributed by atoms with Gasteiger partial charge in [0.1, 0.15) is 0 Å². The van der Waals surface area contributed by atoms with Crippen LogP contribution < -0.4 is 5.73 Å². The summed E-state index contributed by atoms with van der Waals surface area (Å²) in [6.07, 6.45) is 2.37. The Morgan fingerprint density at radius 3 is 2.70 bits per heavy atom. The molecule has 1 aromatic heterocycles. The number of benzene rings is 1. The van der Waals surface area contributed by atoms with Crippen molar-refractivity contribution in [2.75, 3.05) is 5.75 Å². The Morgan fingerprint density at radius 1 is 1.22 bits per heavy atom. The highest BCUT2D eigenvalue weighted by Gasteiger charge is 2.29. The normalized spacial score (nSPS) is 20.0. The van der Waals surface area contributed by atoms with Crippen LogP contribution >= 0.6 is 36.6 Å². The molecule has 7 heteroatoms. The van der Waals surface area contributed by atoms with E-state index in [4.69, 9.17) is 5.73 Å². The molecule has 2 aromatic rings. The van der Waals surface area contributed by atoms with Gasteiger partial charge in [-0.25, -0.2) is 4.98 Å². The van der Waals surface area contributed by atoms with Crippen molar-refractivity contribution in [3.63, 3.8) is 0 Å². The summed E-state index contributed by atoms with van der Waals surface area (Å²) in [5, 5.41) is 0.613. The topological polar surface area (TPSA) is 51.3 Å². The molecular weight excluding hydrogens is 356 g/mol. The van der Waals surface area contributed by atoms with E-state index in [-0.39, 0.29) is 30.4 Å². The number of halogens is 3. The number of hydrogen-bond donors (Lipinski definition) is 1. The van der Waals surface area contributed by atoms with E-state index in [1.807, 2.05) is 24.3 Å². The van der Waals surface area contributed by atoms with Crippen LogP contribution in [-0.2, 0) is 5.54 Å². The van der Waals surface area contributed by atoms with Crippen LogP contribution in [0.1, 0.15) is 18.9 Å². The lowest BCUT2D eigenvalue weighted by atomic mass is 9.88. The first-order chi connectivity index (χ1) is 10.1. The van der Waals surface area contributed by atoms with Crippen molar-refractivity contribution in [2.45, 2.75) is 18.9 Å². The zero-order valence-electron chi connectivity index (χ0n) is 12.5. The highest BCUT2D eigenvalue weighted by atomic mass is 35.5. The molecule has 1 aromatic carbocycles. The van der Waals surface area contributed by atoms with Crippen molar-refractivity contribution in [2.24, 2.45) is 10.7 Å². The van der Waals surface area contributed by atoms with Crippen LogP contribution in [0.4, 0.5) is 4.39 Å². The smallest absolute Gasteiger partial charge is 0.220 e.